The van der Waals surface area contributed by atoms with Gasteiger partial charge < -0.3 is 39.4 Å². The number of carbonyl (C=O) groups is 1. The molecular weight excluding hydrogens is 588 g/mol. The highest BCUT2D eigenvalue weighted by Gasteiger charge is 2.44. The van der Waals surface area contributed by atoms with Crippen LogP contribution in [0.15, 0.2) is 24.3 Å². The van der Waals surface area contributed by atoms with Gasteiger partial charge in [0.05, 0.1) is 19.8 Å². The van der Waals surface area contributed by atoms with Crippen LogP contribution in [0.3, 0.4) is 0 Å². The van der Waals surface area contributed by atoms with Gasteiger partial charge in [-0.1, -0.05) is 115 Å². The molecule has 1 saturated heterocycles. The van der Waals surface area contributed by atoms with Crippen molar-refractivity contribution in [3.63, 3.8) is 0 Å². The molecule has 6 atom stereocenters. The largest absolute Gasteiger partial charge is 0.457 e. The van der Waals surface area contributed by atoms with Gasteiger partial charge in [-0.25, -0.2) is 0 Å². The second-order valence-corrected chi connectivity index (χ2v) is 12.7. The molecular formula is C37H68O9. The summed E-state index contributed by atoms with van der Waals surface area (Å²) < 4.78 is 22.6. The van der Waals surface area contributed by atoms with E-state index in [9.17, 15) is 25.2 Å². The summed E-state index contributed by atoms with van der Waals surface area (Å²) in [5.74, 6) is -0.330. The first-order valence-electron chi connectivity index (χ1n) is 18.4. The highest BCUT2D eigenvalue weighted by molar-refractivity contribution is 5.69. The number of aliphatic hydroxyl groups excluding tert-OH is 4. The summed E-state index contributed by atoms with van der Waals surface area (Å²) in [5.41, 5.74) is 0. The Hall–Kier alpha value is -1.33. The molecule has 1 fully saturated rings. The molecule has 0 bridgehead atoms. The van der Waals surface area contributed by atoms with Gasteiger partial charge in [0.1, 0.15) is 30.5 Å². The summed E-state index contributed by atoms with van der Waals surface area (Å²) >= 11 is 0. The van der Waals surface area contributed by atoms with Gasteiger partial charge in [-0.05, 0) is 44.9 Å². The molecule has 4 N–H and O–H groups in total. The number of hydrogen-bond acceptors (Lipinski definition) is 9. The second kappa shape index (κ2) is 29.8. The van der Waals surface area contributed by atoms with E-state index in [1.165, 1.54) is 64.2 Å². The molecule has 46 heavy (non-hydrogen) atoms. The summed E-state index contributed by atoms with van der Waals surface area (Å²) in [4.78, 5) is 12.6. The van der Waals surface area contributed by atoms with Crippen LogP contribution in [-0.4, -0.2) is 89.6 Å². The molecule has 1 heterocycles. The number of hydrogen-bond donors (Lipinski definition) is 4. The lowest BCUT2D eigenvalue weighted by molar-refractivity contribution is -0.305. The third-order valence-electron chi connectivity index (χ3n) is 8.37. The van der Waals surface area contributed by atoms with Crippen LogP contribution < -0.4 is 0 Å². The maximum atomic E-state index is 12.6. The third kappa shape index (κ3) is 21.5. The molecule has 0 aromatic carbocycles. The first-order valence-corrected chi connectivity index (χ1v) is 18.4. The van der Waals surface area contributed by atoms with Crippen LogP contribution in [0.5, 0.6) is 0 Å². The monoisotopic (exact) mass is 656 g/mol. The summed E-state index contributed by atoms with van der Waals surface area (Å²) in [6.07, 6.45) is 23.5. The van der Waals surface area contributed by atoms with Gasteiger partial charge >= 0.3 is 5.97 Å². The molecule has 1 rings (SSSR count). The number of aliphatic hydroxyl groups is 4. The summed E-state index contributed by atoms with van der Waals surface area (Å²) in [6.45, 7) is 4.47. The molecule has 0 aromatic heterocycles. The molecule has 1 aliphatic rings. The Morgan fingerprint density at radius 3 is 1.91 bits per heavy atom. The fourth-order valence-corrected chi connectivity index (χ4v) is 5.40. The van der Waals surface area contributed by atoms with Crippen molar-refractivity contribution in [3.05, 3.63) is 24.3 Å². The Morgan fingerprint density at radius 2 is 1.26 bits per heavy atom. The zero-order valence-corrected chi connectivity index (χ0v) is 29.1. The van der Waals surface area contributed by atoms with E-state index >= 15 is 0 Å². The van der Waals surface area contributed by atoms with Crippen molar-refractivity contribution in [1.29, 1.82) is 0 Å². The minimum atomic E-state index is -1.53. The molecule has 9 heteroatoms. The van der Waals surface area contributed by atoms with Gasteiger partial charge in [-0.15, -0.1) is 0 Å². The average molecular weight is 657 g/mol. The Kier molecular flexibility index (Phi) is 27.6. The van der Waals surface area contributed by atoms with Crippen LogP contribution in [-0.2, 0) is 23.7 Å². The molecule has 270 valence electrons. The van der Waals surface area contributed by atoms with Crippen molar-refractivity contribution in [2.45, 2.75) is 179 Å². The molecule has 0 aromatic rings. The summed E-state index contributed by atoms with van der Waals surface area (Å²) in [5, 5.41) is 39.8. The van der Waals surface area contributed by atoms with Crippen LogP contribution in [0.25, 0.3) is 0 Å². The lowest BCUT2D eigenvalue weighted by atomic mass is 9.99. The Bertz CT molecular complexity index is 757. The maximum absolute atomic E-state index is 12.6. The van der Waals surface area contributed by atoms with Gasteiger partial charge in [0.15, 0.2) is 6.29 Å². The zero-order chi connectivity index (χ0) is 33.7. The molecule has 1 aliphatic heterocycles. The quantitative estimate of drug-likeness (QED) is 0.0379. The second-order valence-electron chi connectivity index (χ2n) is 12.7. The Labute approximate surface area is 279 Å². The topological polar surface area (TPSA) is 135 Å². The highest BCUT2D eigenvalue weighted by Crippen LogP contribution is 2.22. The van der Waals surface area contributed by atoms with Gasteiger partial charge in [0.2, 0.25) is 0 Å². The van der Waals surface area contributed by atoms with Crippen LogP contribution in [0.2, 0.25) is 0 Å². The third-order valence-corrected chi connectivity index (χ3v) is 8.37. The van der Waals surface area contributed by atoms with Crippen molar-refractivity contribution >= 4 is 5.97 Å². The van der Waals surface area contributed by atoms with Gasteiger partial charge in [-0.3, -0.25) is 4.79 Å². The number of rotatable bonds is 30. The molecule has 0 saturated carbocycles. The molecule has 9 nitrogen and oxygen atoms in total. The number of esters is 1. The lowest BCUT2D eigenvalue weighted by Crippen LogP contribution is -2.59. The molecule has 0 spiro atoms. The van der Waals surface area contributed by atoms with Crippen molar-refractivity contribution < 1.29 is 44.2 Å². The lowest BCUT2D eigenvalue weighted by Gasteiger charge is -2.39. The first kappa shape index (κ1) is 42.7. The molecule has 0 radical (unpaired) electrons. The van der Waals surface area contributed by atoms with E-state index in [0.717, 1.165) is 57.8 Å². The smallest absolute Gasteiger partial charge is 0.306 e. The summed E-state index contributed by atoms with van der Waals surface area (Å²) in [6, 6.07) is 0. The number of carbonyl (C=O) groups excluding carboxylic acids is 1. The van der Waals surface area contributed by atoms with Crippen LogP contribution in [0, 0.1) is 0 Å². The fourth-order valence-electron chi connectivity index (χ4n) is 5.40. The van der Waals surface area contributed by atoms with Crippen molar-refractivity contribution in [3.8, 4) is 0 Å². The van der Waals surface area contributed by atoms with Crippen molar-refractivity contribution in [1.82, 2.24) is 0 Å². The minimum absolute atomic E-state index is 0.117. The van der Waals surface area contributed by atoms with E-state index in [2.05, 4.69) is 38.2 Å². The van der Waals surface area contributed by atoms with Gasteiger partial charge in [-0.2, -0.15) is 0 Å². The number of allylic oxidation sites excluding steroid dienone is 4. The maximum Gasteiger partial charge on any atom is 0.306 e. The van der Waals surface area contributed by atoms with E-state index in [1.54, 1.807) is 0 Å². The molecule has 0 amide bonds. The van der Waals surface area contributed by atoms with E-state index in [4.69, 9.17) is 18.9 Å². The predicted molar refractivity (Wildman–Crippen MR) is 182 cm³/mol. The number of unbranched alkanes of at least 4 members (excludes halogenated alkanes) is 15. The van der Waals surface area contributed by atoms with Crippen LogP contribution in [0.4, 0.5) is 0 Å². The normalized spacial score (nSPS) is 22.6. The standard InChI is InChI=1S/C37H68O9/c1-3-5-7-9-11-13-14-15-16-17-18-19-20-22-24-26-33(39)45-31(29-43-27-25-23-21-12-10-8-6-4-2)30-44-37-36(42)35(41)34(40)32(28-38)46-37/h11,13,15-16,31-32,34-38,40-42H,3-10,12,14,17-30H2,1-2H3/b13-11-,16-15-. The SMILES string of the molecule is CCCCC/C=C\C/C=C\CCCCCCCC(=O)OC(COCCCCCCCCCC)COC1OC(CO)C(O)C(O)C1O. The van der Waals surface area contributed by atoms with E-state index in [1.807, 2.05) is 0 Å². The fraction of sp³-hybridized carbons (Fsp3) is 0.865. The van der Waals surface area contributed by atoms with Crippen molar-refractivity contribution in [2.75, 3.05) is 26.4 Å². The van der Waals surface area contributed by atoms with Gasteiger partial charge in [0, 0.05) is 13.0 Å². The average Bonchev–Trinajstić information content (AvgIpc) is 3.05. The Morgan fingerprint density at radius 1 is 0.696 bits per heavy atom. The zero-order valence-electron chi connectivity index (χ0n) is 29.1. The van der Waals surface area contributed by atoms with Crippen LogP contribution in [0.1, 0.15) is 142 Å². The van der Waals surface area contributed by atoms with E-state index in [-0.39, 0.29) is 19.2 Å². The van der Waals surface area contributed by atoms with Crippen molar-refractivity contribution in [2.24, 2.45) is 0 Å². The summed E-state index contributed by atoms with van der Waals surface area (Å²) in [7, 11) is 0. The molecule has 6 unspecified atom stereocenters. The Balaban J connectivity index is 2.34. The predicted octanol–water partition coefficient (Wildman–Crippen LogP) is 6.69. The molecule has 0 aliphatic carbocycles. The van der Waals surface area contributed by atoms with Gasteiger partial charge in [0.25, 0.3) is 0 Å². The first-order chi connectivity index (χ1) is 22.4. The number of ether oxygens (including phenoxy) is 4. The van der Waals surface area contributed by atoms with E-state index < -0.39 is 43.4 Å². The van der Waals surface area contributed by atoms with Crippen LogP contribution >= 0.6 is 0 Å². The minimum Gasteiger partial charge on any atom is -0.457 e. The highest BCUT2D eigenvalue weighted by atomic mass is 16.7. The van der Waals surface area contributed by atoms with E-state index in [0.29, 0.717) is 13.0 Å².